The van der Waals surface area contributed by atoms with E-state index in [4.69, 9.17) is 10.2 Å². The van der Waals surface area contributed by atoms with Crippen LogP contribution >= 0.6 is 0 Å². The number of nitrogens with two attached hydrogens (primary N) is 1. The lowest BCUT2D eigenvalue weighted by Crippen LogP contribution is -2.13. The first-order valence-corrected chi connectivity index (χ1v) is 4.76. The molecule has 0 radical (unpaired) electrons. The van der Waals surface area contributed by atoms with Crippen molar-refractivity contribution < 1.29 is 4.42 Å². The first kappa shape index (κ1) is 9.13. The number of rotatable bonds is 0. The molecule has 14 heavy (non-hydrogen) atoms. The second-order valence-electron chi connectivity index (χ2n) is 4.61. The van der Waals surface area contributed by atoms with E-state index in [1.165, 1.54) is 5.56 Å². The van der Waals surface area contributed by atoms with Crippen molar-refractivity contribution in [3.63, 3.8) is 0 Å². The van der Waals surface area contributed by atoms with Gasteiger partial charge in [0.1, 0.15) is 5.58 Å². The van der Waals surface area contributed by atoms with E-state index < -0.39 is 0 Å². The molecule has 0 fully saturated rings. The number of hydrogen-bond acceptors (Lipinski definition) is 2. The number of fused-ring (bicyclic) bond motifs is 1. The lowest BCUT2D eigenvalue weighted by molar-refractivity contribution is 0.591. The monoisotopic (exact) mass is 189 g/mol. The molecule has 0 saturated heterocycles. The van der Waals surface area contributed by atoms with Gasteiger partial charge in [-0.25, -0.2) is 0 Å². The minimum atomic E-state index is 0.0789. The van der Waals surface area contributed by atoms with Gasteiger partial charge in [-0.1, -0.05) is 26.8 Å². The fraction of sp³-hybridized carbons (Fsp3) is 0.333. The number of nitrogen functional groups attached to an aromatic ring is 1. The van der Waals surface area contributed by atoms with Crippen molar-refractivity contribution >= 4 is 16.7 Å². The quantitative estimate of drug-likeness (QED) is 0.646. The van der Waals surface area contributed by atoms with Crippen LogP contribution < -0.4 is 5.73 Å². The van der Waals surface area contributed by atoms with E-state index in [2.05, 4.69) is 20.8 Å². The molecular weight excluding hydrogens is 174 g/mol. The van der Waals surface area contributed by atoms with E-state index in [9.17, 15) is 0 Å². The number of anilines is 1. The van der Waals surface area contributed by atoms with Crippen LogP contribution in [0.1, 0.15) is 26.3 Å². The Morgan fingerprint density at radius 3 is 2.50 bits per heavy atom. The van der Waals surface area contributed by atoms with E-state index in [1.807, 2.05) is 18.2 Å². The topological polar surface area (TPSA) is 39.2 Å². The van der Waals surface area contributed by atoms with Crippen molar-refractivity contribution in [2.75, 3.05) is 5.73 Å². The molecule has 74 valence electrons. The predicted molar refractivity (Wildman–Crippen MR) is 59.3 cm³/mol. The summed E-state index contributed by atoms with van der Waals surface area (Å²) in [6.07, 6.45) is 1.67. The fourth-order valence-corrected chi connectivity index (χ4v) is 1.72. The maximum atomic E-state index is 6.09. The van der Waals surface area contributed by atoms with Gasteiger partial charge < -0.3 is 10.2 Å². The molecule has 0 aliphatic heterocycles. The molecule has 0 aliphatic carbocycles. The van der Waals surface area contributed by atoms with E-state index in [-0.39, 0.29) is 5.41 Å². The summed E-state index contributed by atoms with van der Waals surface area (Å²) in [7, 11) is 0. The molecule has 0 spiro atoms. The Bertz CT molecular complexity index is 463. The van der Waals surface area contributed by atoms with Crippen molar-refractivity contribution in [1.29, 1.82) is 0 Å². The Morgan fingerprint density at radius 2 is 1.86 bits per heavy atom. The van der Waals surface area contributed by atoms with Gasteiger partial charge in [-0.3, -0.25) is 0 Å². The highest BCUT2D eigenvalue weighted by atomic mass is 16.3. The van der Waals surface area contributed by atoms with Crippen LogP contribution in [0.25, 0.3) is 11.0 Å². The summed E-state index contributed by atoms with van der Waals surface area (Å²) in [5.74, 6) is 0. The third-order valence-electron chi connectivity index (χ3n) is 2.48. The van der Waals surface area contributed by atoms with Crippen LogP contribution in [0.5, 0.6) is 0 Å². The highest BCUT2D eigenvalue weighted by molar-refractivity contribution is 5.91. The normalized spacial score (nSPS) is 12.2. The Morgan fingerprint density at radius 1 is 1.14 bits per heavy atom. The Kier molecular flexibility index (Phi) is 1.81. The van der Waals surface area contributed by atoms with E-state index in [0.717, 1.165) is 16.7 Å². The lowest BCUT2D eigenvalue weighted by Gasteiger charge is -2.21. The summed E-state index contributed by atoms with van der Waals surface area (Å²) >= 11 is 0. The molecule has 2 nitrogen and oxygen atoms in total. The smallest absolute Gasteiger partial charge is 0.135 e. The summed E-state index contributed by atoms with van der Waals surface area (Å²) in [6.45, 7) is 6.47. The van der Waals surface area contributed by atoms with E-state index >= 15 is 0 Å². The van der Waals surface area contributed by atoms with Gasteiger partial charge in [-0.15, -0.1) is 0 Å². The first-order chi connectivity index (χ1) is 6.50. The number of hydrogen-bond donors (Lipinski definition) is 1. The molecule has 0 atom stereocenters. The van der Waals surface area contributed by atoms with Crippen LogP contribution in [0, 0.1) is 0 Å². The number of furan rings is 1. The summed E-state index contributed by atoms with van der Waals surface area (Å²) < 4.78 is 5.29. The minimum absolute atomic E-state index is 0.0789. The van der Waals surface area contributed by atoms with Crippen LogP contribution in [-0.2, 0) is 5.41 Å². The molecular formula is C12H15NO. The molecule has 2 aromatic rings. The van der Waals surface area contributed by atoms with Crippen LogP contribution in [-0.4, -0.2) is 0 Å². The highest BCUT2D eigenvalue weighted by Gasteiger charge is 2.18. The summed E-state index contributed by atoms with van der Waals surface area (Å²) in [4.78, 5) is 0. The molecule has 0 unspecified atom stereocenters. The Labute approximate surface area is 83.7 Å². The van der Waals surface area contributed by atoms with E-state index in [0.29, 0.717) is 0 Å². The summed E-state index contributed by atoms with van der Waals surface area (Å²) in [5.41, 5.74) is 9.03. The van der Waals surface area contributed by atoms with Crippen molar-refractivity contribution in [3.05, 3.63) is 30.0 Å². The van der Waals surface area contributed by atoms with Crippen LogP contribution in [0.3, 0.4) is 0 Å². The molecule has 0 saturated carbocycles. The van der Waals surface area contributed by atoms with Gasteiger partial charge in [0, 0.05) is 11.1 Å². The molecule has 1 heterocycles. The van der Waals surface area contributed by atoms with Crippen molar-refractivity contribution in [2.24, 2.45) is 0 Å². The van der Waals surface area contributed by atoms with Gasteiger partial charge in [0.15, 0.2) is 0 Å². The lowest BCUT2D eigenvalue weighted by atomic mass is 9.85. The standard InChI is InChI=1S/C12H15NO/c1-12(2,3)9-4-5-10-8(11(9)13)6-7-14-10/h4-7H,13H2,1-3H3. The van der Waals surface area contributed by atoms with Crippen LogP contribution in [0.4, 0.5) is 5.69 Å². The Hall–Kier alpha value is -1.44. The van der Waals surface area contributed by atoms with Crippen LogP contribution in [0.2, 0.25) is 0 Å². The van der Waals surface area contributed by atoms with Gasteiger partial charge >= 0.3 is 0 Å². The average molecular weight is 189 g/mol. The molecule has 1 aromatic carbocycles. The molecule has 1 aromatic heterocycles. The van der Waals surface area contributed by atoms with Crippen LogP contribution in [0.15, 0.2) is 28.9 Å². The maximum Gasteiger partial charge on any atom is 0.135 e. The molecule has 2 heteroatoms. The largest absolute Gasteiger partial charge is 0.464 e. The molecule has 2 rings (SSSR count). The van der Waals surface area contributed by atoms with Gasteiger partial charge in [0.25, 0.3) is 0 Å². The van der Waals surface area contributed by atoms with Gasteiger partial charge in [-0.05, 0) is 23.1 Å². The van der Waals surface area contributed by atoms with Gasteiger partial charge in [-0.2, -0.15) is 0 Å². The average Bonchev–Trinajstić information content (AvgIpc) is 2.50. The van der Waals surface area contributed by atoms with Crippen molar-refractivity contribution in [1.82, 2.24) is 0 Å². The molecule has 0 bridgehead atoms. The molecule has 2 N–H and O–H groups in total. The van der Waals surface area contributed by atoms with Gasteiger partial charge in [0.05, 0.1) is 6.26 Å². The number of benzene rings is 1. The highest BCUT2D eigenvalue weighted by Crippen LogP contribution is 2.33. The maximum absolute atomic E-state index is 6.09. The summed E-state index contributed by atoms with van der Waals surface area (Å²) in [6, 6.07) is 5.94. The third kappa shape index (κ3) is 1.27. The SMILES string of the molecule is CC(C)(C)c1ccc2occc2c1N. The second kappa shape index (κ2) is 2.77. The minimum Gasteiger partial charge on any atom is -0.464 e. The predicted octanol–water partition coefficient (Wildman–Crippen LogP) is 3.31. The van der Waals surface area contributed by atoms with E-state index in [1.54, 1.807) is 6.26 Å². The Balaban J connectivity index is 2.74. The zero-order chi connectivity index (χ0) is 10.3. The fourth-order valence-electron chi connectivity index (χ4n) is 1.72. The first-order valence-electron chi connectivity index (χ1n) is 4.76. The van der Waals surface area contributed by atoms with Crippen molar-refractivity contribution in [3.8, 4) is 0 Å². The zero-order valence-corrected chi connectivity index (χ0v) is 8.79. The third-order valence-corrected chi connectivity index (χ3v) is 2.48. The summed E-state index contributed by atoms with van der Waals surface area (Å²) in [5, 5.41) is 1.01. The second-order valence-corrected chi connectivity index (χ2v) is 4.61. The zero-order valence-electron chi connectivity index (χ0n) is 8.79. The van der Waals surface area contributed by atoms with Crippen molar-refractivity contribution in [2.45, 2.75) is 26.2 Å². The molecule has 0 aliphatic rings. The van der Waals surface area contributed by atoms with Gasteiger partial charge in [0.2, 0.25) is 0 Å². The molecule has 0 amide bonds.